The van der Waals surface area contributed by atoms with Gasteiger partial charge in [0.05, 0.1) is 14.2 Å². The third kappa shape index (κ3) is 9.51. The molecule has 1 N–H and O–H groups in total. The van der Waals surface area contributed by atoms with E-state index >= 15 is 0 Å². The number of nitrogens with one attached hydrogen (secondary N) is 1. The topological polar surface area (TPSA) is 64.6 Å². The summed E-state index contributed by atoms with van der Waals surface area (Å²) in [5.74, 6) is 0.172. The Labute approximate surface area is 155 Å². The van der Waals surface area contributed by atoms with Gasteiger partial charge in [0.2, 0.25) is 0 Å². The normalized spacial score (nSPS) is 23.0. The average Bonchev–Trinajstić information content (AvgIpc) is 2.67. The number of carbonyl (C=O) groups excluding carboxylic acids is 2. The minimum Gasteiger partial charge on any atom is -0.469 e. The van der Waals surface area contributed by atoms with E-state index in [1.807, 2.05) is 32.1 Å². The summed E-state index contributed by atoms with van der Waals surface area (Å²) in [4.78, 5) is 23.1. The van der Waals surface area contributed by atoms with E-state index in [1.165, 1.54) is 14.2 Å². The number of ether oxygens (including phenoxy) is 2. The highest BCUT2D eigenvalue weighted by Crippen LogP contribution is 2.28. The van der Waals surface area contributed by atoms with Crippen LogP contribution in [0.25, 0.3) is 0 Å². The molecule has 1 saturated heterocycles. The number of carbonyl (C=O) groups is 2. The van der Waals surface area contributed by atoms with Crippen LogP contribution in [0.4, 0.5) is 0 Å². The number of hydrogen-bond acceptors (Lipinski definition) is 6. The molecule has 0 aromatic heterocycles. The summed E-state index contributed by atoms with van der Waals surface area (Å²) in [5, 5.41) is 3.61. The maximum Gasteiger partial charge on any atom is 0.323 e. The van der Waals surface area contributed by atoms with E-state index < -0.39 is 0 Å². The zero-order valence-electron chi connectivity index (χ0n) is 15.7. The van der Waals surface area contributed by atoms with Crippen LogP contribution in [-0.4, -0.2) is 49.2 Å². The van der Waals surface area contributed by atoms with Crippen LogP contribution in [0.1, 0.15) is 33.1 Å². The monoisotopic (exact) mass is 369 g/mol. The van der Waals surface area contributed by atoms with Crippen molar-refractivity contribution in [2.24, 2.45) is 0 Å². The summed E-state index contributed by atoms with van der Waals surface area (Å²) < 4.78 is 9.51. The minimum atomic E-state index is -0.325. The molecule has 25 heavy (non-hydrogen) atoms. The predicted molar refractivity (Wildman–Crippen MR) is 105 cm³/mol. The van der Waals surface area contributed by atoms with Gasteiger partial charge in [0.15, 0.2) is 0 Å². The van der Waals surface area contributed by atoms with E-state index in [4.69, 9.17) is 9.47 Å². The summed E-state index contributed by atoms with van der Waals surface area (Å²) in [5.41, 5.74) is 0. The lowest BCUT2D eigenvalue weighted by Gasteiger charge is -2.35. The van der Waals surface area contributed by atoms with E-state index in [0.717, 1.165) is 6.42 Å². The highest BCUT2D eigenvalue weighted by molar-refractivity contribution is 8.00. The second-order valence-electron chi connectivity index (χ2n) is 5.12. The lowest BCUT2D eigenvalue weighted by molar-refractivity contribution is -0.142. The van der Waals surface area contributed by atoms with E-state index in [1.54, 1.807) is 17.8 Å². The second-order valence-corrected chi connectivity index (χ2v) is 6.39. The maximum absolute atomic E-state index is 11.7. The molecule has 1 fully saturated rings. The van der Waals surface area contributed by atoms with E-state index in [-0.39, 0.29) is 24.0 Å². The van der Waals surface area contributed by atoms with Crippen LogP contribution >= 0.6 is 11.8 Å². The zero-order chi connectivity index (χ0) is 19.1. The third-order valence-electron chi connectivity index (χ3n) is 3.58. The molecule has 0 aliphatic carbocycles. The Morgan fingerprint density at radius 1 is 1.20 bits per heavy atom. The fraction of sp³-hybridized carbons (Fsp3) is 0.579. The molecule has 0 bridgehead atoms. The smallest absolute Gasteiger partial charge is 0.323 e. The highest BCUT2D eigenvalue weighted by Gasteiger charge is 2.33. The number of hydrogen-bond donors (Lipinski definition) is 1. The third-order valence-corrected chi connectivity index (χ3v) is 5.05. The number of thioether (sulfide) groups is 1. The number of esters is 2. The van der Waals surface area contributed by atoms with Crippen molar-refractivity contribution in [3.63, 3.8) is 0 Å². The van der Waals surface area contributed by atoms with Gasteiger partial charge in [0, 0.05) is 23.5 Å². The first-order chi connectivity index (χ1) is 12.1. The van der Waals surface area contributed by atoms with Crippen molar-refractivity contribution >= 4 is 23.7 Å². The maximum atomic E-state index is 11.7. The quantitative estimate of drug-likeness (QED) is 0.523. The van der Waals surface area contributed by atoms with E-state index in [2.05, 4.69) is 18.0 Å². The first-order valence-corrected chi connectivity index (χ1v) is 9.63. The molecule has 0 amide bonds. The van der Waals surface area contributed by atoms with Crippen LogP contribution in [-0.2, 0) is 19.1 Å². The molecule has 0 aromatic carbocycles. The Morgan fingerprint density at radius 3 is 2.52 bits per heavy atom. The zero-order valence-corrected chi connectivity index (χ0v) is 16.5. The van der Waals surface area contributed by atoms with Crippen molar-refractivity contribution in [1.29, 1.82) is 0 Å². The van der Waals surface area contributed by atoms with Gasteiger partial charge in [-0.1, -0.05) is 50.8 Å². The molecule has 6 heteroatoms. The Morgan fingerprint density at radius 2 is 1.92 bits per heavy atom. The van der Waals surface area contributed by atoms with Crippen LogP contribution in [0, 0.1) is 0 Å². The van der Waals surface area contributed by atoms with Gasteiger partial charge in [-0.2, -0.15) is 11.8 Å². The lowest BCUT2D eigenvalue weighted by atomic mass is 10.0. The molecule has 1 aliphatic heterocycles. The van der Waals surface area contributed by atoms with Crippen LogP contribution in [0.5, 0.6) is 0 Å². The average molecular weight is 370 g/mol. The van der Waals surface area contributed by atoms with Gasteiger partial charge in [-0.15, -0.1) is 0 Å². The predicted octanol–water partition coefficient (Wildman–Crippen LogP) is 3.27. The van der Waals surface area contributed by atoms with Crippen LogP contribution in [0.15, 0.2) is 37.0 Å². The van der Waals surface area contributed by atoms with Gasteiger partial charge in [-0.25, -0.2) is 0 Å². The highest BCUT2D eigenvalue weighted by atomic mass is 32.2. The number of allylic oxidation sites excluding steroid dienone is 5. The molecule has 1 heterocycles. The van der Waals surface area contributed by atoms with Crippen molar-refractivity contribution in [1.82, 2.24) is 5.32 Å². The largest absolute Gasteiger partial charge is 0.469 e. The van der Waals surface area contributed by atoms with Crippen molar-refractivity contribution in [3.8, 4) is 0 Å². The molecule has 0 radical (unpaired) electrons. The fourth-order valence-corrected chi connectivity index (χ4v) is 3.71. The number of rotatable bonds is 8. The molecule has 1 aliphatic rings. The molecule has 3 unspecified atom stereocenters. The van der Waals surface area contributed by atoms with E-state index in [0.29, 0.717) is 23.8 Å². The van der Waals surface area contributed by atoms with Gasteiger partial charge in [-0.3, -0.25) is 14.9 Å². The second kappa shape index (κ2) is 14.8. The first-order valence-electron chi connectivity index (χ1n) is 8.58. The Balaban J connectivity index is 0.00000277. The fourth-order valence-electron chi connectivity index (χ4n) is 2.34. The summed E-state index contributed by atoms with van der Waals surface area (Å²) in [7, 11) is 2.77. The van der Waals surface area contributed by atoms with Crippen LogP contribution < -0.4 is 5.32 Å². The van der Waals surface area contributed by atoms with Crippen molar-refractivity contribution in [2.45, 2.75) is 50.4 Å². The van der Waals surface area contributed by atoms with Crippen LogP contribution in [0.2, 0.25) is 0 Å². The van der Waals surface area contributed by atoms with Gasteiger partial charge in [0.25, 0.3) is 0 Å². The number of methoxy groups -OCH3 is 2. The SMILES string of the molecule is C=C/C=C\C=C/CC1SCC(C(=O)OC)NC1CCC(=O)OC.CC. The Bertz CT molecular complexity index is 462. The van der Waals surface area contributed by atoms with Crippen molar-refractivity contribution < 1.29 is 19.1 Å². The minimum absolute atomic E-state index is 0.0602. The molecule has 3 atom stereocenters. The molecule has 5 nitrogen and oxygen atoms in total. The molecule has 1 rings (SSSR count). The summed E-state index contributed by atoms with van der Waals surface area (Å²) in [6.45, 7) is 7.62. The van der Waals surface area contributed by atoms with E-state index in [9.17, 15) is 9.59 Å². The molecule has 0 saturated carbocycles. The molecular formula is C19H31NO4S. The first kappa shape index (κ1) is 23.5. The summed E-state index contributed by atoms with van der Waals surface area (Å²) in [6.07, 6.45) is 11.4. The molecule has 0 aromatic rings. The summed E-state index contributed by atoms with van der Waals surface area (Å²) >= 11 is 1.74. The lowest BCUT2D eigenvalue weighted by Crippen LogP contribution is -2.53. The summed E-state index contributed by atoms with van der Waals surface area (Å²) in [6, 6.07) is -0.265. The Hall–Kier alpha value is -1.53. The van der Waals surface area contributed by atoms with Gasteiger partial charge in [0.1, 0.15) is 6.04 Å². The standard InChI is InChI=1S/C17H25NO4S.C2H6/c1-4-5-6-7-8-9-15-13(10-11-16(19)21-2)18-14(12-23-15)17(20)22-3;1-2/h4-8,13-15,18H,1,9-12H2,2-3H3;1-2H3/b6-5-,8-7-;. The van der Waals surface area contributed by atoms with Crippen molar-refractivity contribution in [2.75, 3.05) is 20.0 Å². The molecular weight excluding hydrogens is 338 g/mol. The molecule has 0 spiro atoms. The van der Waals surface area contributed by atoms with Crippen molar-refractivity contribution in [3.05, 3.63) is 37.0 Å². The van der Waals surface area contributed by atoms with Gasteiger partial charge >= 0.3 is 11.9 Å². The molecule has 142 valence electrons. The van der Waals surface area contributed by atoms with Gasteiger partial charge in [-0.05, 0) is 12.8 Å². The van der Waals surface area contributed by atoms with Gasteiger partial charge < -0.3 is 9.47 Å². The van der Waals surface area contributed by atoms with Crippen LogP contribution in [0.3, 0.4) is 0 Å². The Kier molecular flexibility index (Phi) is 13.9.